The minimum atomic E-state index is -3.31. The summed E-state index contributed by atoms with van der Waals surface area (Å²) in [7, 11) is 0. The Hall–Kier alpha value is -4.87. The zero-order valence-corrected chi connectivity index (χ0v) is 33.1. The number of hydrogen-bond acceptors (Lipinski definition) is 0. The first-order chi connectivity index (χ1) is 24.6. The second-order valence-corrected chi connectivity index (χ2v) is 21.9. The van der Waals surface area contributed by atoms with Gasteiger partial charge in [0.2, 0.25) is 0 Å². The number of imidazole rings is 2. The van der Waals surface area contributed by atoms with E-state index in [4.69, 9.17) is 0 Å². The Morgan fingerprint density at radius 1 is 0.431 bits per heavy atom. The second-order valence-electron chi connectivity index (χ2n) is 16.1. The zero-order valence-electron chi connectivity index (χ0n) is 30.7. The van der Waals surface area contributed by atoms with Crippen molar-refractivity contribution in [2.45, 2.75) is 56.9 Å². The molecule has 2 aromatic heterocycles. The van der Waals surface area contributed by atoms with Crippen molar-refractivity contribution in [3.05, 3.63) is 193 Å². The molecule has 0 bridgehead atoms. The normalized spacial score (nSPS) is 14.5. The number of aromatic nitrogens is 4. The Bertz CT molecular complexity index is 2070. The van der Waals surface area contributed by atoms with Crippen LogP contribution >= 0.6 is 0 Å². The third kappa shape index (κ3) is 5.03. The molecular weight excluding hydrogens is 680 g/mol. The van der Waals surface area contributed by atoms with E-state index in [1.165, 1.54) is 36.9 Å². The first kappa shape index (κ1) is 33.3. The summed E-state index contributed by atoms with van der Waals surface area (Å²) in [5.41, 5.74) is 6.28. The monoisotopic (exact) mass is 729 g/mol. The average Bonchev–Trinajstić information content (AvgIpc) is 3.81. The molecule has 0 saturated heterocycles. The van der Waals surface area contributed by atoms with Gasteiger partial charge in [0.15, 0.2) is 0 Å². The molecule has 0 aliphatic carbocycles. The van der Waals surface area contributed by atoms with Crippen LogP contribution in [0.2, 0.25) is 0 Å². The first-order valence-corrected chi connectivity index (χ1v) is 21.9. The molecule has 0 radical (unpaired) electrons. The first-order valence-electron chi connectivity index (χ1n) is 18.3. The van der Waals surface area contributed by atoms with Gasteiger partial charge in [-0.15, -0.1) is 0 Å². The van der Waals surface area contributed by atoms with Crippen molar-refractivity contribution in [3.8, 4) is 0 Å². The van der Waals surface area contributed by atoms with Crippen LogP contribution < -0.4 is 29.2 Å². The van der Waals surface area contributed by atoms with Crippen LogP contribution in [-0.4, -0.2) is 29.9 Å². The predicted molar refractivity (Wildman–Crippen MR) is 214 cm³/mol. The molecule has 6 heteroatoms. The Labute approximate surface area is 307 Å². The predicted octanol–water partition coefficient (Wildman–Crippen LogP) is 5.26. The molecule has 5 aromatic carbocycles. The maximum atomic E-state index is 2.74. The summed E-state index contributed by atoms with van der Waals surface area (Å²) >= 11 is -3.31. The van der Waals surface area contributed by atoms with Crippen LogP contribution in [0.25, 0.3) is 0 Å². The van der Waals surface area contributed by atoms with Gasteiger partial charge in [-0.1, -0.05) is 0 Å². The number of nitrogens with zero attached hydrogens (tertiary/aromatic N) is 4. The van der Waals surface area contributed by atoms with Gasteiger partial charge < -0.3 is 0 Å². The summed E-state index contributed by atoms with van der Waals surface area (Å²) in [6.45, 7) is 14.2. The Balaban J connectivity index is 1.66. The molecule has 0 N–H and O–H groups in total. The maximum absolute atomic E-state index is 3.31. The van der Waals surface area contributed by atoms with E-state index in [0.717, 1.165) is 0 Å². The molecule has 0 unspecified atom stereocenters. The Morgan fingerprint density at radius 3 is 1.02 bits per heavy atom. The van der Waals surface area contributed by atoms with Crippen LogP contribution in [0.4, 0.5) is 0 Å². The van der Waals surface area contributed by atoms with Crippen molar-refractivity contribution >= 4 is 41.0 Å². The van der Waals surface area contributed by atoms with Crippen LogP contribution in [-0.2, 0) is 15.3 Å². The third-order valence-electron chi connectivity index (χ3n) is 11.2. The van der Waals surface area contributed by atoms with Gasteiger partial charge in [-0.25, -0.2) is 0 Å². The summed E-state index contributed by atoms with van der Waals surface area (Å²) in [6.07, 6.45) is 7.88. The topological polar surface area (TPSA) is 17.6 Å². The molecule has 51 heavy (non-hydrogen) atoms. The van der Waals surface area contributed by atoms with Gasteiger partial charge in [-0.3, -0.25) is 0 Å². The molecule has 7 aromatic rings. The van der Waals surface area contributed by atoms with E-state index in [-0.39, 0.29) is 11.1 Å². The van der Waals surface area contributed by atoms with Crippen molar-refractivity contribution in [1.29, 1.82) is 0 Å². The van der Waals surface area contributed by atoms with Crippen molar-refractivity contribution in [1.82, 2.24) is 9.13 Å². The van der Waals surface area contributed by atoms with Gasteiger partial charge in [0.05, 0.1) is 0 Å². The van der Waals surface area contributed by atoms with Crippen molar-refractivity contribution in [2.24, 2.45) is 0 Å². The van der Waals surface area contributed by atoms with E-state index >= 15 is 0 Å². The number of benzene rings is 5. The van der Waals surface area contributed by atoms with Gasteiger partial charge in [-0.2, -0.15) is 0 Å². The van der Waals surface area contributed by atoms with Gasteiger partial charge in [0.25, 0.3) is 0 Å². The van der Waals surface area contributed by atoms with Gasteiger partial charge in [0, 0.05) is 0 Å². The zero-order chi connectivity index (χ0) is 35.4. The van der Waals surface area contributed by atoms with Crippen LogP contribution in [0, 0.1) is 0 Å². The molecular formula is C45H48BGeN4+. The molecule has 3 heterocycles. The van der Waals surface area contributed by atoms with Gasteiger partial charge >= 0.3 is 309 Å². The average molecular weight is 728 g/mol. The second kappa shape index (κ2) is 12.4. The summed E-state index contributed by atoms with van der Waals surface area (Å²) in [4.78, 5) is 0. The van der Waals surface area contributed by atoms with Crippen LogP contribution in [0.5, 0.6) is 0 Å². The van der Waals surface area contributed by atoms with E-state index < -0.39 is 25.0 Å². The molecule has 0 saturated carbocycles. The summed E-state index contributed by atoms with van der Waals surface area (Å²) in [5.74, 6) is 0. The molecule has 8 rings (SSSR count). The molecule has 1 aliphatic heterocycles. The molecule has 0 spiro atoms. The number of rotatable bonds is 6. The van der Waals surface area contributed by atoms with E-state index in [2.05, 4.69) is 236 Å². The fraction of sp³-hybridized carbons (Fsp3) is 0.200. The Morgan fingerprint density at radius 2 is 0.725 bits per heavy atom. The van der Waals surface area contributed by atoms with E-state index in [1.807, 2.05) is 0 Å². The minimum absolute atomic E-state index is 0.170. The number of hydrogen-bond donors (Lipinski definition) is 0. The van der Waals surface area contributed by atoms with E-state index in [1.54, 1.807) is 0 Å². The summed E-state index contributed by atoms with van der Waals surface area (Å²) in [5, 5.41) is 0. The quantitative estimate of drug-likeness (QED) is 0.165. The fourth-order valence-corrected chi connectivity index (χ4v) is 20.3. The molecule has 1 aliphatic rings. The van der Waals surface area contributed by atoms with Crippen LogP contribution in [0.15, 0.2) is 176 Å². The van der Waals surface area contributed by atoms with Crippen LogP contribution in [0.3, 0.4) is 0 Å². The summed E-state index contributed by atoms with van der Waals surface area (Å²) < 4.78 is 13.3. The number of fused-ring (bicyclic) bond motifs is 2. The van der Waals surface area contributed by atoms with E-state index in [0.29, 0.717) is 0 Å². The Kier molecular flexibility index (Phi) is 8.10. The van der Waals surface area contributed by atoms with Crippen molar-refractivity contribution < 1.29 is 8.96 Å². The van der Waals surface area contributed by atoms with E-state index in [9.17, 15) is 0 Å². The summed E-state index contributed by atoms with van der Waals surface area (Å²) in [6, 6.07) is 56.7. The van der Waals surface area contributed by atoms with Crippen molar-refractivity contribution in [2.75, 3.05) is 0 Å². The fourth-order valence-electron chi connectivity index (χ4n) is 9.19. The molecule has 0 atom stereocenters. The molecule has 254 valence electrons. The van der Waals surface area contributed by atoms with Crippen molar-refractivity contribution in [3.63, 3.8) is 0 Å². The van der Waals surface area contributed by atoms with Crippen LogP contribution in [0.1, 0.15) is 58.2 Å². The third-order valence-corrected chi connectivity index (χ3v) is 19.7. The van der Waals surface area contributed by atoms with Gasteiger partial charge in [-0.05, 0) is 0 Å². The molecule has 0 fully saturated rings. The standard InChI is InChI=1S/C45H48BGeN4/c1-43(2,3)48-32-34-50-41(48)47(45(36-22-12-7-13-23-36,37-24-14-8-15-25-37)38-26-16-9-17-27-38)42-49(44(4,5)6)33-35-51(42)46(50,39-28-18-10-19-29-39)40-30-20-11-21-31-40/h7-35,47H,1-6H3/q+1. The SMILES string of the molecule is CC(C)(C)n1cc[n+]2[c]1[GeH]([C](c1ccccc1)(c1ccccc1)c1ccccc1)[c]1n(C(C)(C)C)cc[n+]1[B-]2(c1ccccc1)c1ccccc1. The molecule has 0 amide bonds. The molecule has 4 nitrogen and oxygen atoms in total. The van der Waals surface area contributed by atoms with Gasteiger partial charge in [0.1, 0.15) is 0 Å².